The molecule has 1 aromatic heterocycles. The topological polar surface area (TPSA) is 37.2 Å². The van der Waals surface area contributed by atoms with E-state index in [1.807, 2.05) is 0 Å². The lowest BCUT2D eigenvalue weighted by molar-refractivity contribution is 0.199. The van der Waals surface area contributed by atoms with Crippen LogP contribution in [0.1, 0.15) is 66.9 Å². The zero-order valence-electron chi connectivity index (χ0n) is 17.8. The zero-order valence-corrected chi connectivity index (χ0v) is 17.8. The summed E-state index contributed by atoms with van der Waals surface area (Å²) in [5.41, 5.74) is 4.24. The number of benzene rings is 1. The standard InChI is InChI=1S/C23H35N5/c1-4-28-22(17-26-11-5-6-12-26)24-25-23(28)20-9-13-27(14-10-20)16-21-15-18(2)7-8-19(21)3/h7-8,15,20H,4-6,9-14,16-17H2,1-3H3. The number of nitrogens with zero attached hydrogens (tertiary/aromatic N) is 5. The summed E-state index contributed by atoms with van der Waals surface area (Å²) >= 11 is 0. The number of aryl methyl sites for hydroxylation is 2. The van der Waals surface area contributed by atoms with Crippen LogP contribution >= 0.6 is 0 Å². The molecule has 2 fully saturated rings. The van der Waals surface area contributed by atoms with Crippen LogP contribution in [0.3, 0.4) is 0 Å². The van der Waals surface area contributed by atoms with Crippen LogP contribution in [0, 0.1) is 13.8 Å². The smallest absolute Gasteiger partial charge is 0.147 e. The molecule has 0 amide bonds. The molecule has 0 radical (unpaired) electrons. The van der Waals surface area contributed by atoms with Gasteiger partial charge in [-0.05, 0) is 83.8 Å². The molecule has 2 aliphatic rings. The van der Waals surface area contributed by atoms with E-state index in [0.717, 1.165) is 38.5 Å². The number of rotatable bonds is 6. The zero-order chi connectivity index (χ0) is 19.5. The first-order valence-corrected chi connectivity index (χ1v) is 11.1. The van der Waals surface area contributed by atoms with E-state index in [4.69, 9.17) is 0 Å². The first-order chi connectivity index (χ1) is 13.6. The summed E-state index contributed by atoms with van der Waals surface area (Å²) in [6.45, 7) is 14.4. The van der Waals surface area contributed by atoms with Crippen molar-refractivity contribution in [3.63, 3.8) is 0 Å². The molecule has 0 N–H and O–H groups in total. The van der Waals surface area contributed by atoms with Crippen LogP contribution in [0.4, 0.5) is 0 Å². The van der Waals surface area contributed by atoms with Gasteiger partial charge in [-0.15, -0.1) is 10.2 Å². The minimum atomic E-state index is 0.551. The Kier molecular flexibility index (Phi) is 6.12. The lowest BCUT2D eigenvalue weighted by Crippen LogP contribution is -2.33. The van der Waals surface area contributed by atoms with Gasteiger partial charge in [-0.1, -0.05) is 23.8 Å². The largest absolute Gasteiger partial charge is 0.314 e. The third-order valence-corrected chi connectivity index (χ3v) is 6.59. The van der Waals surface area contributed by atoms with Gasteiger partial charge in [0.25, 0.3) is 0 Å². The number of hydrogen-bond acceptors (Lipinski definition) is 4. The summed E-state index contributed by atoms with van der Waals surface area (Å²) in [5.74, 6) is 2.94. The molecule has 0 spiro atoms. The molecular weight excluding hydrogens is 346 g/mol. The molecule has 5 nitrogen and oxygen atoms in total. The minimum absolute atomic E-state index is 0.551. The van der Waals surface area contributed by atoms with Crippen LogP contribution in [0.15, 0.2) is 18.2 Å². The van der Waals surface area contributed by atoms with Gasteiger partial charge >= 0.3 is 0 Å². The first-order valence-electron chi connectivity index (χ1n) is 11.1. The van der Waals surface area contributed by atoms with Gasteiger partial charge in [0.05, 0.1) is 6.54 Å². The Bertz CT molecular complexity index is 782. The van der Waals surface area contributed by atoms with Gasteiger partial charge in [0.1, 0.15) is 11.6 Å². The van der Waals surface area contributed by atoms with Gasteiger partial charge < -0.3 is 4.57 Å². The highest BCUT2D eigenvalue weighted by atomic mass is 15.3. The Morgan fingerprint density at radius 2 is 1.64 bits per heavy atom. The number of aromatic nitrogens is 3. The molecule has 0 saturated carbocycles. The van der Waals surface area contributed by atoms with Crippen molar-refractivity contribution in [3.8, 4) is 0 Å². The van der Waals surface area contributed by atoms with E-state index in [2.05, 4.69) is 63.5 Å². The number of likely N-dealkylation sites (tertiary alicyclic amines) is 2. The van der Waals surface area contributed by atoms with Gasteiger partial charge in [-0.25, -0.2) is 0 Å². The van der Waals surface area contributed by atoms with Crippen LogP contribution in [0.2, 0.25) is 0 Å². The van der Waals surface area contributed by atoms with E-state index in [1.54, 1.807) is 0 Å². The van der Waals surface area contributed by atoms with Gasteiger partial charge in [-0.2, -0.15) is 0 Å². The highest BCUT2D eigenvalue weighted by molar-refractivity contribution is 5.30. The van der Waals surface area contributed by atoms with Crippen molar-refractivity contribution in [1.82, 2.24) is 24.6 Å². The molecule has 2 saturated heterocycles. The number of hydrogen-bond donors (Lipinski definition) is 0. The second-order valence-electron chi connectivity index (χ2n) is 8.68. The summed E-state index contributed by atoms with van der Waals surface area (Å²) < 4.78 is 2.39. The predicted molar refractivity (Wildman–Crippen MR) is 113 cm³/mol. The molecule has 5 heteroatoms. The van der Waals surface area contributed by atoms with E-state index in [1.165, 1.54) is 61.3 Å². The fraction of sp³-hybridized carbons (Fsp3) is 0.652. The third kappa shape index (κ3) is 4.31. The van der Waals surface area contributed by atoms with E-state index in [0.29, 0.717) is 5.92 Å². The summed E-state index contributed by atoms with van der Waals surface area (Å²) in [4.78, 5) is 5.13. The van der Waals surface area contributed by atoms with Crippen molar-refractivity contribution in [2.75, 3.05) is 26.2 Å². The molecular formula is C23H35N5. The summed E-state index contributed by atoms with van der Waals surface area (Å²) in [6.07, 6.45) is 5.03. The van der Waals surface area contributed by atoms with Crippen LogP contribution in [-0.2, 0) is 19.6 Å². The predicted octanol–water partition coefficient (Wildman–Crippen LogP) is 3.89. The minimum Gasteiger partial charge on any atom is -0.314 e. The Hall–Kier alpha value is -1.72. The normalized spacial score (nSPS) is 19.5. The molecule has 2 aliphatic heterocycles. The molecule has 152 valence electrons. The second-order valence-corrected chi connectivity index (χ2v) is 8.68. The summed E-state index contributed by atoms with van der Waals surface area (Å²) in [7, 11) is 0. The molecule has 0 atom stereocenters. The molecule has 0 bridgehead atoms. The molecule has 4 rings (SSSR count). The lowest BCUT2D eigenvalue weighted by atomic mass is 9.95. The van der Waals surface area contributed by atoms with Crippen molar-refractivity contribution in [2.45, 2.75) is 72.0 Å². The molecule has 2 aromatic rings. The van der Waals surface area contributed by atoms with Gasteiger partial charge in [0.15, 0.2) is 0 Å². The molecule has 0 unspecified atom stereocenters. The van der Waals surface area contributed by atoms with Gasteiger partial charge in [0.2, 0.25) is 0 Å². The van der Waals surface area contributed by atoms with E-state index in [-0.39, 0.29) is 0 Å². The fourth-order valence-electron chi connectivity index (χ4n) is 4.81. The SMILES string of the molecule is CCn1c(CN2CCCC2)nnc1C1CCN(Cc2cc(C)ccc2C)CC1. The quantitative estimate of drug-likeness (QED) is 0.761. The summed E-state index contributed by atoms with van der Waals surface area (Å²) in [5, 5.41) is 9.25. The Morgan fingerprint density at radius 3 is 2.36 bits per heavy atom. The number of piperidine rings is 1. The first kappa shape index (κ1) is 19.6. The fourth-order valence-corrected chi connectivity index (χ4v) is 4.81. The molecule has 3 heterocycles. The molecule has 0 aliphatic carbocycles. The van der Waals surface area contributed by atoms with Crippen LogP contribution in [-0.4, -0.2) is 50.7 Å². The van der Waals surface area contributed by atoms with Crippen molar-refractivity contribution in [2.24, 2.45) is 0 Å². The molecule has 1 aromatic carbocycles. The highest BCUT2D eigenvalue weighted by Crippen LogP contribution is 2.29. The Balaban J connectivity index is 1.38. The highest BCUT2D eigenvalue weighted by Gasteiger charge is 2.26. The third-order valence-electron chi connectivity index (χ3n) is 6.59. The molecule has 28 heavy (non-hydrogen) atoms. The second kappa shape index (κ2) is 8.75. The van der Waals surface area contributed by atoms with Gasteiger partial charge in [0, 0.05) is 19.0 Å². The van der Waals surface area contributed by atoms with Crippen molar-refractivity contribution in [3.05, 3.63) is 46.5 Å². The Labute approximate surface area is 169 Å². The van der Waals surface area contributed by atoms with E-state index >= 15 is 0 Å². The van der Waals surface area contributed by atoms with Crippen molar-refractivity contribution in [1.29, 1.82) is 0 Å². The monoisotopic (exact) mass is 381 g/mol. The van der Waals surface area contributed by atoms with Crippen molar-refractivity contribution >= 4 is 0 Å². The maximum Gasteiger partial charge on any atom is 0.147 e. The summed E-state index contributed by atoms with van der Waals surface area (Å²) in [6, 6.07) is 6.81. The Morgan fingerprint density at radius 1 is 0.929 bits per heavy atom. The van der Waals surface area contributed by atoms with Crippen LogP contribution < -0.4 is 0 Å². The van der Waals surface area contributed by atoms with E-state index < -0.39 is 0 Å². The van der Waals surface area contributed by atoms with Gasteiger partial charge in [-0.3, -0.25) is 9.80 Å². The maximum absolute atomic E-state index is 4.66. The average Bonchev–Trinajstić information content (AvgIpc) is 3.35. The van der Waals surface area contributed by atoms with Crippen LogP contribution in [0.25, 0.3) is 0 Å². The van der Waals surface area contributed by atoms with Crippen molar-refractivity contribution < 1.29 is 0 Å². The van der Waals surface area contributed by atoms with E-state index in [9.17, 15) is 0 Å². The average molecular weight is 382 g/mol. The maximum atomic E-state index is 4.66. The van der Waals surface area contributed by atoms with Crippen LogP contribution in [0.5, 0.6) is 0 Å². The lowest BCUT2D eigenvalue weighted by Gasteiger charge is -2.32.